The predicted molar refractivity (Wildman–Crippen MR) is 86.1 cm³/mol. The molecular weight excluding hydrogens is 274 g/mol. The van der Waals surface area contributed by atoms with Gasteiger partial charge in [0.05, 0.1) is 5.69 Å². The van der Waals surface area contributed by atoms with E-state index in [1.165, 1.54) is 29.8 Å². The van der Waals surface area contributed by atoms with Crippen LogP contribution in [-0.2, 0) is 13.1 Å². The summed E-state index contributed by atoms with van der Waals surface area (Å²) < 4.78 is 0. The Morgan fingerprint density at radius 1 is 1.27 bits per heavy atom. The topological polar surface area (TPSA) is 52.1 Å². The molecule has 1 fully saturated rings. The Bertz CT molecular complexity index is 674. The van der Waals surface area contributed by atoms with E-state index in [0.29, 0.717) is 5.92 Å². The van der Waals surface area contributed by atoms with Crippen LogP contribution in [0.5, 0.6) is 0 Å². The van der Waals surface area contributed by atoms with E-state index in [1.54, 1.807) is 0 Å². The molecule has 2 aromatic rings. The number of aromatic amines is 1. The second kappa shape index (κ2) is 6.78. The third-order valence-corrected chi connectivity index (χ3v) is 3.80. The molecule has 22 heavy (non-hydrogen) atoms. The zero-order valence-electron chi connectivity index (χ0n) is 12.8. The molecule has 1 aliphatic carbocycles. The number of nitrogens with one attached hydrogen (secondary N) is 1. The summed E-state index contributed by atoms with van der Waals surface area (Å²) in [6, 6.07) is 10.4. The fourth-order valence-corrected chi connectivity index (χ4v) is 2.54. The van der Waals surface area contributed by atoms with Crippen LogP contribution in [-0.4, -0.2) is 33.9 Å². The van der Waals surface area contributed by atoms with Gasteiger partial charge in [-0.2, -0.15) is 5.10 Å². The number of aromatic nitrogens is 2. The van der Waals surface area contributed by atoms with Crippen LogP contribution in [0, 0.1) is 11.8 Å². The molecule has 1 heterocycles. The Balaban J connectivity index is 1.55. The fraction of sp³-hybridized carbons (Fsp3) is 0.389. The number of aliphatic hydroxyl groups excluding tert-OH is 1. The average Bonchev–Trinajstić information content (AvgIpc) is 3.27. The van der Waals surface area contributed by atoms with Crippen LogP contribution in [0.3, 0.4) is 0 Å². The molecule has 0 unspecified atom stereocenters. The summed E-state index contributed by atoms with van der Waals surface area (Å²) in [4.78, 5) is 2.26. The van der Waals surface area contributed by atoms with Crippen molar-refractivity contribution in [3.63, 3.8) is 0 Å². The molecule has 0 amide bonds. The zero-order chi connectivity index (χ0) is 15.4. The van der Waals surface area contributed by atoms with Crippen molar-refractivity contribution in [2.75, 3.05) is 13.7 Å². The van der Waals surface area contributed by atoms with Crippen LogP contribution in [0.4, 0.5) is 0 Å². The van der Waals surface area contributed by atoms with Gasteiger partial charge in [-0.1, -0.05) is 24.0 Å². The molecule has 1 saturated carbocycles. The van der Waals surface area contributed by atoms with Crippen LogP contribution in [0.25, 0.3) is 0 Å². The second-order valence-electron chi connectivity index (χ2n) is 5.92. The minimum Gasteiger partial charge on any atom is -0.384 e. The van der Waals surface area contributed by atoms with Gasteiger partial charge >= 0.3 is 0 Å². The summed E-state index contributed by atoms with van der Waals surface area (Å²) in [5.41, 5.74) is 4.58. The maximum atomic E-state index is 8.69. The Labute approximate surface area is 131 Å². The molecule has 0 atom stereocenters. The summed E-state index contributed by atoms with van der Waals surface area (Å²) in [5.74, 6) is 6.26. The van der Waals surface area contributed by atoms with Crippen molar-refractivity contribution in [1.82, 2.24) is 15.1 Å². The summed E-state index contributed by atoms with van der Waals surface area (Å²) >= 11 is 0. The highest BCUT2D eigenvalue weighted by Gasteiger charge is 2.26. The minimum atomic E-state index is -0.0997. The van der Waals surface area contributed by atoms with Gasteiger partial charge in [-0.3, -0.25) is 10.00 Å². The van der Waals surface area contributed by atoms with E-state index in [4.69, 9.17) is 5.11 Å². The molecule has 0 spiro atoms. The predicted octanol–water partition coefficient (Wildman–Crippen LogP) is 2.26. The average molecular weight is 295 g/mol. The maximum absolute atomic E-state index is 8.69. The van der Waals surface area contributed by atoms with Crippen LogP contribution in [0.2, 0.25) is 0 Å². The van der Waals surface area contributed by atoms with Crippen molar-refractivity contribution >= 4 is 0 Å². The Kier molecular flexibility index (Phi) is 4.57. The number of H-pyrrole nitrogens is 1. The van der Waals surface area contributed by atoms with E-state index in [2.05, 4.69) is 52.2 Å². The normalized spacial score (nSPS) is 14.0. The third-order valence-electron chi connectivity index (χ3n) is 3.80. The number of benzene rings is 1. The highest BCUT2D eigenvalue weighted by atomic mass is 16.2. The Morgan fingerprint density at radius 3 is 2.73 bits per heavy atom. The van der Waals surface area contributed by atoms with Crippen molar-refractivity contribution in [2.45, 2.75) is 31.8 Å². The van der Waals surface area contributed by atoms with Gasteiger partial charge in [0.2, 0.25) is 0 Å². The number of hydrogen-bond donors (Lipinski definition) is 2. The van der Waals surface area contributed by atoms with Crippen LogP contribution < -0.4 is 0 Å². The molecule has 4 nitrogen and oxygen atoms in total. The SMILES string of the molecule is CN(Cc1ccc(C#CCO)cc1)Cc1cc(C2CC2)n[nH]1. The molecule has 2 N–H and O–H groups in total. The molecule has 1 aromatic heterocycles. The number of hydrogen-bond acceptors (Lipinski definition) is 3. The molecule has 3 rings (SSSR count). The molecule has 114 valence electrons. The molecule has 0 aliphatic heterocycles. The molecule has 0 radical (unpaired) electrons. The maximum Gasteiger partial charge on any atom is 0.104 e. The van der Waals surface area contributed by atoms with Gasteiger partial charge in [0.15, 0.2) is 0 Å². The zero-order valence-corrected chi connectivity index (χ0v) is 12.8. The van der Waals surface area contributed by atoms with Gasteiger partial charge in [0.25, 0.3) is 0 Å². The first-order valence-corrected chi connectivity index (χ1v) is 7.66. The Morgan fingerprint density at radius 2 is 2.05 bits per heavy atom. The molecule has 0 saturated heterocycles. The van der Waals surface area contributed by atoms with E-state index in [9.17, 15) is 0 Å². The Hall–Kier alpha value is -2.09. The van der Waals surface area contributed by atoms with Crippen LogP contribution in [0.1, 0.15) is 41.3 Å². The minimum absolute atomic E-state index is 0.0997. The quantitative estimate of drug-likeness (QED) is 0.832. The standard InChI is InChI=1S/C18H21N3O/c1-21(13-17-11-18(20-19-17)16-8-9-16)12-15-6-4-14(5-7-15)3-2-10-22/h4-7,11,16,22H,8-10,12-13H2,1H3,(H,19,20). The van der Waals surface area contributed by atoms with Crippen molar-refractivity contribution < 1.29 is 5.11 Å². The van der Waals surface area contributed by atoms with Gasteiger partial charge in [0, 0.05) is 30.3 Å². The first kappa shape index (κ1) is 14.8. The van der Waals surface area contributed by atoms with Crippen molar-refractivity contribution in [1.29, 1.82) is 0 Å². The van der Waals surface area contributed by atoms with Gasteiger partial charge < -0.3 is 5.11 Å². The summed E-state index contributed by atoms with van der Waals surface area (Å²) in [7, 11) is 2.11. The van der Waals surface area contributed by atoms with Crippen molar-refractivity contribution in [3.8, 4) is 11.8 Å². The first-order chi connectivity index (χ1) is 10.7. The van der Waals surface area contributed by atoms with E-state index in [-0.39, 0.29) is 6.61 Å². The molecular formula is C18H21N3O. The molecule has 0 bridgehead atoms. The van der Waals surface area contributed by atoms with E-state index in [1.807, 2.05) is 12.1 Å². The number of aliphatic hydroxyl groups is 1. The summed E-state index contributed by atoms with van der Waals surface area (Å²) in [6.45, 7) is 1.65. The monoisotopic (exact) mass is 295 g/mol. The van der Waals surface area contributed by atoms with Crippen LogP contribution in [0.15, 0.2) is 30.3 Å². The van der Waals surface area contributed by atoms with Gasteiger partial charge in [-0.15, -0.1) is 0 Å². The molecule has 1 aliphatic rings. The fourth-order valence-electron chi connectivity index (χ4n) is 2.54. The molecule has 1 aromatic carbocycles. The number of rotatable bonds is 5. The van der Waals surface area contributed by atoms with E-state index in [0.717, 1.165) is 18.7 Å². The second-order valence-corrected chi connectivity index (χ2v) is 5.92. The summed E-state index contributed by atoms with van der Waals surface area (Å²) in [6.07, 6.45) is 2.57. The summed E-state index contributed by atoms with van der Waals surface area (Å²) in [5, 5.41) is 16.2. The van der Waals surface area contributed by atoms with Crippen molar-refractivity contribution in [2.24, 2.45) is 0 Å². The lowest BCUT2D eigenvalue weighted by Crippen LogP contribution is -2.17. The van der Waals surface area contributed by atoms with Crippen LogP contribution >= 0.6 is 0 Å². The number of nitrogens with zero attached hydrogens (tertiary/aromatic N) is 2. The highest BCUT2D eigenvalue weighted by molar-refractivity contribution is 5.36. The van der Waals surface area contributed by atoms with Gasteiger partial charge in [-0.25, -0.2) is 0 Å². The smallest absolute Gasteiger partial charge is 0.104 e. The van der Waals surface area contributed by atoms with Gasteiger partial charge in [0.1, 0.15) is 6.61 Å². The lowest BCUT2D eigenvalue weighted by atomic mass is 10.1. The lowest BCUT2D eigenvalue weighted by Gasteiger charge is -2.15. The van der Waals surface area contributed by atoms with Gasteiger partial charge in [-0.05, 0) is 43.7 Å². The largest absolute Gasteiger partial charge is 0.384 e. The van der Waals surface area contributed by atoms with E-state index < -0.39 is 0 Å². The lowest BCUT2D eigenvalue weighted by molar-refractivity contribution is 0.315. The first-order valence-electron chi connectivity index (χ1n) is 7.66. The highest BCUT2D eigenvalue weighted by Crippen LogP contribution is 2.39. The molecule has 4 heteroatoms. The van der Waals surface area contributed by atoms with Crippen molar-refractivity contribution in [3.05, 3.63) is 52.8 Å². The third kappa shape index (κ3) is 3.97. The van der Waals surface area contributed by atoms with E-state index >= 15 is 0 Å².